The molecule has 0 saturated carbocycles. The molecular formula is C13H27N3O. The maximum atomic E-state index is 10.8. The third-order valence-corrected chi connectivity index (χ3v) is 3.50. The number of hydrogen-bond acceptors (Lipinski definition) is 3. The molecule has 1 rings (SSSR count). The van der Waals surface area contributed by atoms with Crippen molar-refractivity contribution in [3.63, 3.8) is 0 Å². The predicted octanol–water partition coefficient (Wildman–Crippen LogP) is 0.962. The van der Waals surface area contributed by atoms with Crippen molar-refractivity contribution in [2.75, 3.05) is 26.2 Å². The summed E-state index contributed by atoms with van der Waals surface area (Å²) in [6.45, 7) is 8.05. The van der Waals surface area contributed by atoms with Gasteiger partial charge in [-0.15, -0.1) is 0 Å². The van der Waals surface area contributed by atoms with E-state index in [-0.39, 0.29) is 5.91 Å². The fourth-order valence-corrected chi connectivity index (χ4v) is 2.48. The third-order valence-electron chi connectivity index (χ3n) is 3.50. The lowest BCUT2D eigenvalue weighted by molar-refractivity contribution is -0.119. The van der Waals surface area contributed by atoms with Crippen LogP contribution >= 0.6 is 0 Å². The van der Waals surface area contributed by atoms with Gasteiger partial charge in [-0.2, -0.15) is 0 Å². The molecule has 4 nitrogen and oxygen atoms in total. The molecule has 0 spiro atoms. The van der Waals surface area contributed by atoms with Crippen molar-refractivity contribution in [2.45, 2.75) is 45.6 Å². The largest absolute Gasteiger partial charge is 0.369 e. The Hall–Kier alpha value is -0.610. The van der Waals surface area contributed by atoms with Crippen molar-refractivity contribution < 1.29 is 4.79 Å². The molecule has 1 saturated heterocycles. The maximum Gasteiger partial charge on any atom is 0.231 e. The van der Waals surface area contributed by atoms with Crippen LogP contribution in [-0.2, 0) is 4.79 Å². The standard InChI is InChI=1S/C13H27N3O/c1-3-4-11(2)9-15-12-5-7-16(8-6-12)10-13(14)17/h11-12,15H,3-10H2,1-2H3,(H2,14,17). The van der Waals surface area contributed by atoms with E-state index < -0.39 is 0 Å². The molecule has 0 aromatic carbocycles. The van der Waals surface area contributed by atoms with Crippen LogP contribution in [0.2, 0.25) is 0 Å². The normalized spacial score (nSPS) is 20.4. The van der Waals surface area contributed by atoms with E-state index in [4.69, 9.17) is 5.73 Å². The van der Waals surface area contributed by atoms with Crippen molar-refractivity contribution in [2.24, 2.45) is 11.7 Å². The average molecular weight is 241 g/mol. The molecule has 1 aliphatic rings. The van der Waals surface area contributed by atoms with Gasteiger partial charge in [-0.1, -0.05) is 20.3 Å². The fraction of sp³-hybridized carbons (Fsp3) is 0.923. The summed E-state index contributed by atoms with van der Waals surface area (Å²) < 4.78 is 0. The molecule has 1 aliphatic heterocycles. The number of primary amides is 1. The van der Waals surface area contributed by atoms with Crippen LogP contribution < -0.4 is 11.1 Å². The second-order valence-electron chi connectivity index (χ2n) is 5.32. The molecular weight excluding hydrogens is 214 g/mol. The highest BCUT2D eigenvalue weighted by molar-refractivity contribution is 5.75. The Morgan fingerprint density at radius 2 is 2.12 bits per heavy atom. The Labute approximate surface area is 105 Å². The molecule has 1 fully saturated rings. The number of amides is 1. The Balaban J connectivity index is 2.12. The summed E-state index contributed by atoms with van der Waals surface area (Å²) in [4.78, 5) is 12.9. The zero-order valence-electron chi connectivity index (χ0n) is 11.2. The lowest BCUT2D eigenvalue weighted by atomic mass is 10.0. The molecule has 0 aromatic rings. The van der Waals surface area contributed by atoms with Crippen molar-refractivity contribution in [3.05, 3.63) is 0 Å². The van der Waals surface area contributed by atoms with Crippen LogP contribution in [-0.4, -0.2) is 43.0 Å². The first kappa shape index (κ1) is 14.5. The van der Waals surface area contributed by atoms with Gasteiger partial charge in [0.2, 0.25) is 5.91 Å². The predicted molar refractivity (Wildman–Crippen MR) is 70.7 cm³/mol. The van der Waals surface area contributed by atoms with E-state index in [0.717, 1.165) is 38.4 Å². The first-order valence-corrected chi connectivity index (χ1v) is 6.85. The number of carbonyl (C=O) groups is 1. The lowest BCUT2D eigenvalue weighted by Gasteiger charge is -2.32. The Bertz CT molecular complexity index is 225. The lowest BCUT2D eigenvalue weighted by Crippen LogP contribution is -2.46. The van der Waals surface area contributed by atoms with Crippen molar-refractivity contribution >= 4 is 5.91 Å². The maximum absolute atomic E-state index is 10.8. The van der Waals surface area contributed by atoms with E-state index in [1.165, 1.54) is 12.8 Å². The minimum absolute atomic E-state index is 0.215. The molecule has 4 heteroatoms. The number of nitrogens with two attached hydrogens (primary N) is 1. The second-order valence-corrected chi connectivity index (χ2v) is 5.32. The van der Waals surface area contributed by atoms with E-state index in [2.05, 4.69) is 24.1 Å². The van der Waals surface area contributed by atoms with Gasteiger partial charge in [0, 0.05) is 19.1 Å². The minimum atomic E-state index is -0.215. The van der Waals surface area contributed by atoms with Gasteiger partial charge in [0.05, 0.1) is 6.54 Å². The number of nitrogens with zero attached hydrogens (tertiary/aromatic N) is 1. The number of piperidine rings is 1. The first-order valence-electron chi connectivity index (χ1n) is 6.85. The van der Waals surface area contributed by atoms with E-state index in [1.807, 2.05) is 0 Å². The quantitative estimate of drug-likeness (QED) is 0.698. The summed E-state index contributed by atoms with van der Waals surface area (Å²) >= 11 is 0. The van der Waals surface area contributed by atoms with E-state index >= 15 is 0 Å². The van der Waals surface area contributed by atoms with Gasteiger partial charge in [-0.25, -0.2) is 0 Å². The molecule has 3 N–H and O–H groups in total. The highest BCUT2D eigenvalue weighted by Crippen LogP contribution is 2.11. The van der Waals surface area contributed by atoms with Crippen LogP contribution in [0.1, 0.15) is 39.5 Å². The highest BCUT2D eigenvalue weighted by atomic mass is 16.1. The van der Waals surface area contributed by atoms with Gasteiger partial charge in [-0.3, -0.25) is 9.69 Å². The Morgan fingerprint density at radius 1 is 1.47 bits per heavy atom. The van der Waals surface area contributed by atoms with Gasteiger partial charge in [0.25, 0.3) is 0 Å². The topological polar surface area (TPSA) is 58.4 Å². The van der Waals surface area contributed by atoms with Gasteiger partial charge >= 0.3 is 0 Å². The number of likely N-dealkylation sites (tertiary alicyclic amines) is 1. The smallest absolute Gasteiger partial charge is 0.231 e. The van der Waals surface area contributed by atoms with Crippen molar-refractivity contribution in [1.29, 1.82) is 0 Å². The summed E-state index contributed by atoms with van der Waals surface area (Å²) in [6.07, 6.45) is 4.83. The second kappa shape index (κ2) is 7.67. The van der Waals surface area contributed by atoms with Gasteiger partial charge in [0.15, 0.2) is 0 Å². The summed E-state index contributed by atoms with van der Waals surface area (Å²) in [5.74, 6) is 0.552. The van der Waals surface area contributed by atoms with Gasteiger partial charge < -0.3 is 11.1 Å². The summed E-state index contributed by atoms with van der Waals surface area (Å²) in [6, 6.07) is 0.624. The molecule has 1 amide bonds. The van der Waals surface area contributed by atoms with E-state index in [9.17, 15) is 4.79 Å². The third kappa shape index (κ3) is 6.03. The van der Waals surface area contributed by atoms with Crippen LogP contribution in [0, 0.1) is 5.92 Å². The van der Waals surface area contributed by atoms with Gasteiger partial charge in [0.1, 0.15) is 0 Å². The van der Waals surface area contributed by atoms with Gasteiger partial charge in [-0.05, 0) is 31.7 Å². The zero-order valence-corrected chi connectivity index (χ0v) is 11.2. The van der Waals surface area contributed by atoms with Crippen LogP contribution in [0.4, 0.5) is 0 Å². The molecule has 0 radical (unpaired) electrons. The molecule has 100 valence electrons. The Kier molecular flexibility index (Phi) is 6.52. The first-order chi connectivity index (χ1) is 8.11. The molecule has 0 bridgehead atoms. The fourth-order valence-electron chi connectivity index (χ4n) is 2.48. The highest BCUT2D eigenvalue weighted by Gasteiger charge is 2.19. The summed E-state index contributed by atoms with van der Waals surface area (Å²) in [5, 5.41) is 3.64. The number of rotatable bonds is 7. The average Bonchev–Trinajstić information content (AvgIpc) is 2.28. The van der Waals surface area contributed by atoms with Crippen LogP contribution in [0.5, 0.6) is 0 Å². The molecule has 1 unspecified atom stereocenters. The molecule has 1 heterocycles. The SMILES string of the molecule is CCCC(C)CNC1CCN(CC(N)=O)CC1. The van der Waals surface area contributed by atoms with Crippen LogP contribution in [0.25, 0.3) is 0 Å². The van der Waals surface area contributed by atoms with E-state index in [1.54, 1.807) is 0 Å². The summed E-state index contributed by atoms with van der Waals surface area (Å²) in [7, 11) is 0. The molecule has 0 aliphatic carbocycles. The van der Waals surface area contributed by atoms with E-state index in [0.29, 0.717) is 12.6 Å². The number of carbonyl (C=O) groups excluding carboxylic acids is 1. The number of hydrogen-bond donors (Lipinski definition) is 2. The molecule has 0 aromatic heterocycles. The number of nitrogens with one attached hydrogen (secondary N) is 1. The minimum Gasteiger partial charge on any atom is -0.369 e. The van der Waals surface area contributed by atoms with Crippen LogP contribution in [0.15, 0.2) is 0 Å². The van der Waals surface area contributed by atoms with Crippen molar-refractivity contribution in [3.8, 4) is 0 Å². The molecule has 17 heavy (non-hydrogen) atoms. The van der Waals surface area contributed by atoms with Crippen molar-refractivity contribution in [1.82, 2.24) is 10.2 Å². The van der Waals surface area contributed by atoms with Crippen LogP contribution in [0.3, 0.4) is 0 Å². The summed E-state index contributed by atoms with van der Waals surface area (Å²) in [5.41, 5.74) is 5.19. The zero-order chi connectivity index (χ0) is 12.7. The Morgan fingerprint density at radius 3 is 2.65 bits per heavy atom. The molecule has 1 atom stereocenters. The monoisotopic (exact) mass is 241 g/mol.